The molecule has 6 nitrogen and oxygen atoms in total. The molecule has 3 aromatic rings. The predicted octanol–water partition coefficient (Wildman–Crippen LogP) is 3.36. The minimum absolute atomic E-state index is 0.178. The summed E-state index contributed by atoms with van der Waals surface area (Å²) in [6.07, 6.45) is 2.30. The lowest BCUT2D eigenvalue weighted by Gasteiger charge is -2.31. The van der Waals surface area contributed by atoms with Gasteiger partial charge in [-0.1, -0.05) is 59.7 Å². The molecule has 0 spiro atoms. The van der Waals surface area contributed by atoms with Crippen LogP contribution in [0.2, 0.25) is 0 Å². The van der Waals surface area contributed by atoms with Gasteiger partial charge in [0.25, 0.3) is 0 Å². The number of Topliss-reactive ketones (excluding diaryl/α,β-unsaturated/α-hetero) is 1. The fraction of sp³-hybridized carbons (Fsp3) is 0.200. The lowest BCUT2D eigenvalue weighted by molar-refractivity contribution is -0.116. The molecule has 1 N–H and O–H groups in total. The monoisotopic (exact) mass is 343 g/mol. The standard InChI is InChI=1S/C20H17N5O/c26-17-8-4-7-16-18(17)19(25-20(21-16)22-23-24-25)15-11-9-14(10-12-15)13-5-2-1-3-6-13/h1-3,5-6,9-12,19H,4,7-8H2,(H,21,22,24)/t19-/m1/s1. The van der Waals surface area contributed by atoms with E-state index >= 15 is 0 Å². The van der Waals surface area contributed by atoms with Gasteiger partial charge >= 0.3 is 0 Å². The van der Waals surface area contributed by atoms with Crippen molar-refractivity contribution in [2.75, 3.05) is 5.32 Å². The molecular formula is C20H17N5O. The molecule has 2 aromatic carbocycles. The molecule has 0 radical (unpaired) electrons. The number of nitrogens with one attached hydrogen (secondary N) is 1. The molecule has 1 aliphatic carbocycles. The number of ketones is 1. The molecule has 0 bridgehead atoms. The minimum atomic E-state index is -0.270. The molecule has 2 aliphatic rings. The second-order valence-electron chi connectivity index (χ2n) is 6.63. The normalized spacial score (nSPS) is 18.9. The van der Waals surface area contributed by atoms with Crippen molar-refractivity contribution in [3.63, 3.8) is 0 Å². The summed E-state index contributed by atoms with van der Waals surface area (Å²) in [5.74, 6) is 0.771. The van der Waals surface area contributed by atoms with E-state index in [0.717, 1.165) is 35.2 Å². The SMILES string of the molecule is O=C1CCCC2=C1[C@@H](c1ccc(-c3ccccc3)cc1)n1nnnc1N2. The maximum absolute atomic E-state index is 12.7. The molecule has 0 fully saturated rings. The molecule has 5 rings (SSSR count). The van der Waals surface area contributed by atoms with Crippen LogP contribution in [-0.2, 0) is 4.79 Å². The minimum Gasteiger partial charge on any atom is -0.326 e. The highest BCUT2D eigenvalue weighted by Gasteiger charge is 2.36. The molecule has 0 unspecified atom stereocenters. The van der Waals surface area contributed by atoms with Crippen LogP contribution in [0.15, 0.2) is 65.9 Å². The van der Waals surface area contributed by atoms with Crippen molar-refractivity contribution in [2.24, 2.45) is 0 Å². The number of aromatic nitrogens is 4. The summed E-state index contributed by atoms with van der Waals surface area (Å²) in [5, 5.41) is 15.2. The number of tetrazole rings is 1. The maximum Gasteiger partial charge on any atom is 0.248 e. The van der Waals surface area contributed by atoms with Crippen molar-refractivity contribution in [1.82, 2.24) is 20.2 Å². The number of hydrogen-bond acceptors (Lipinski definition) is 5. The fourth-order valence-electron chi connectivity index (χ4n) is 3.81. The molecule has 1 atom stereocenters. The fourth-order valence-corrected chi connectivity index (χ4v) is 3.81. The van der Waals surface area contributed by atoms with Gasteiger partial charge in [0.05, 0.1) is 0 Å². The van der Waals surface area contributed by atoms with E-state index in [1.807, 2.05) is 18.2 Å². The first-order valence-electron chi connectivity index (χ1n) is 8.78. The van der Waals surface area contributed by atoms with Crippen LogP contribution in [0, 0.1) is 0 Å². The Morgan fingerprint density at radius 2 is 1.73 bits per heavy atom. The second kappa shape index (κ2) is 5.91. The van der Waals surface area contributed by atoms with Gasteiger partial charge in [-0.3, -0.25) is 4.79 Å². The quantitative estimate of drug-likeness (QED) is 0.772. The molecule has 2 heterocycles. The summed E-state index contributed by atoms with van der Waals surface area (Å²) in [6, 6.07) is 18.3. The van der Waals surface area contributed by atoms with E-state index in [1.165, 1.54) is 5.56 Å². The second-order valence-corrected chi connectivity index (χ2v) is 6.63. The third-order valence-corrected chi connectivity index (χ3v) is 5.06. The van der Waals surface area contributed by atoms with Crippen molar-refractivity contribution < 1.29 is 4.79 Å². The molecule has 128 valence electrons. The molecular weight excluding hydrogens is 326 g/mol. The van der Waals surface area contributed by atoms with Gasteiger partial charge in [0.15, 0.2) is 5.78 Å². The first-order valence-corrected chi connectivity index (χ1v) is 8.78. The van der Waals surface area contributed by atoms with Crippen LogP contribution in [0.3, 0.4) is 0 Å². The highest BCUT2D eigenvalue weighted by Crippen LogP contribution is 2.39. The van der Waals surface area contributed by atoms with Crippen LogP contribution in [0.5, 0.6) is 0 Å². The van der Waals surface area contributed by atoms with Crippen LogP contribution in [-0.4, -0.2) is 26.0 Å². The average Bonchev–Trinajstić information content (AvgIpc) is 3.16. The lowest BCUT2D eigenvalue weighted by Crippen LogP contribution is -2.31. The predicted molar refractivity (Wildman–Crippen MR) is 97.3 cm³/mol. The number of hydrogen-bond donors (Lipinski definition) is 1. The van der Waals surface area contributed by atoms with E-state index in [-0.39, 0.29) is 11.8 Å². The smallest absolute Gasteiger partial charge is 0.248 e. The summed E-state index contributed by atoms with van der Waals surface area (Å²) >= 11 is 0. The van der Waals surface area contributed by atoms with Gasteiger partial charge in [0, 0.05) is 17.7 Å². The van der Waals surface area contributed by atoms with Gasteiger partial charge in [0.1, 0.15) is 6.04 Å². The molecule has 0 saturated carbocycles. The Morgan fingerprint density at radius 3 is 2.54 bits per heavy atom. The molecule has 0 amide bonds. The van der Waals surface area contributed by atoms with E-state index in [0.29, 0.717) is 12.4 Å². The van der Waals surface area contributed by atoms with Crippen LogP contribution in [0.1, 0.15) is 30.9 Å². The number of allylic oxidation sites excluding steroid dienone is 2. The summed E-state index contributed by atoms with van der Waals surface area (Å²) in [7, 11) is 0. The van der Waals surface area contributed by atoms with Crippen LogP contribution in [0.4, 0.5) is 5.95 Å². The Hall–Kier alpha value is -3.28. The Balaban J connectivity index is 1.60. The van der Waals surface area contributed by atoms with Crippen molar-refractivity contribution in [3.8, 4) is 11.1 Å². The highest BCUT2D eigenvalue weighted by molar-refractivity contribution is 5.99. The topological polar surface area (TPSA) is 72.7 Å². The maximum atomic E-state index is 12.7. The highest BCUT2D eigenvalue weighted by atomic mass is 16.1. The van der Waals surface area contributed by atoms with Gasteiger partial charge in [-0.05, 0) is 40.0 Å². The summed E-state index contributed by atoms with van der Waals surface area (Å²) in [5.41, 5.74) is 5.08. The third kappa shape index (κ3) is 2.34. The Bertz CT molecular complexity index is 1000. The van der Waals surface area contributed by atoms with E-state index in [1.54, 1.807) is 4.68 Å². The lowest BCUT2D eigenvalue weighted by atomic mass is 9.85. The van der Waals surface area contributed by atoms with Gasteiger partial charge in [0.2, 0.25) is 5.95 Å². The number of anilines is 1. The number of nitrogens with zero attached hydrogens (tertiary/aromatic N) is 4. The molecule has 6 heteroatoms. The van der Waals surface area contributed by atoms with Gasteiger partial charge in [-0.25, -0.2) is 0 Å². The molecule has 26 heavy (non-hydrogen) atoms. The van der Waals surface area contributed by atoms with Crippen LogP contribution >= 0.6 is 0 Å². The largest absolute Gasteiger partial charge is 0.326 e. The van der Waals surface area contributed by atoms with Gasteiger partial charge in [-0.15, -0.1) is 0 Å². The van der Waals surface area contributed by atoms with Crippen molar-refractivity contribution >= 4 is 11.7 Å². The zero-order valence-corrected chi connectivity index (χ0v) is 14.1. The number of fused-ring (bicyclic) bond motifs is 1. The Labute approximate surface area is 150 Å². The number of carbonyl (C=O) groups excluding carboxylic acids is 1. The summed E-state index contributed by atoms with van der Waals surface area (Å²) in [6.45, 7) is 0. The van der Waals surface area contributed by atoms with Crippen LogP contribution in [0.25, 0.3) is 11.1 Å². The summed E-state index contributed by atoms with van der Waals surface area (Å²) < 4.78 is 1.71. The van der Waals surface area contributed by atoms with Crippen molar-refractivity contribution in [2.45, 2.75) is 25.3 Å². The molecule has 0 saturated heterocycles. The zero-order chi connectivity index (χ0) is 17.5. The summed E-state index contributed by atoms with van der Waals surface area (Å²) in [4.78, 5) is 12.7. The average molecular weight is 343 g/mol. The van der Waals surface area contributed by atoms with E-state index in [2.05, 4.69) is 57.2 Å². The van der Waals surface area contributed by atoms with Gasteiger partial charge in [-0.2, -0.15) is 4.68 Å². The van der Waals surface area contributed by atoms with E-state index in [9.17, 15) is 4.79 Å². The van der Waals surface area contributed by atoms with Gasteiger partial charge < -0.3 is 5.32 Å². The molecule has 1 aliphatic heterocycles. The number of benzene rings is 2. The third-order valence-electron chi connectivity index (χ3n) is 5.06. The zero-order valence-electron chi connectivity index (χ0n) is 14.1. The number of carbonyl (C=O) groups is 1. The Morgan fingerprint density at radius 1 is 0.962 bits per heavy atom. The van der Waals surface area contributed by atoms with E-state index < -0.39 is 0 Å². The van der Waals surface area contributed by atoms with Crippen LogP contribution < -0.4 is 5.32 Å². The first-order chi connectivity index (χ1) is 12.8. The first kappa shape index (κ1) is 15.0. The van der Waals surface area contributed by atoms with Crippen molar-refractivity contribution in [1.29, 1.82) is 0 Å². The van der Waals surface area contributed by atoms with Crippen molar-refractivity contribution in [3.05, 3.63) is 71.4 Å². The number of rotatable bonds is 2. The van der Waals surface area contributed by atoms with E-state index in [4.69, 9.17) is 0 Å². The Kier molecular flexibility index (Phi) is 3.41. The molecule has 1 aromatic heterocycles.